The highest BCUT2D eigenvalue weighted by Crippen LogP contribution is 2.34. The number of aromatic nitrogens is 2. The van der Waals surface area contributed by atoms with Gasteiger partial charge in [0.1, 0.15) is 0 Å². The Morgan fingerprint density at radius 1 is 0.960 bits per heavy atom. The fraction of sp³-hybridized carbons (Fsp3) is 0.571. The molecule has 1 saturated heterocycles. The Bertz CT molecular complexity index is 700. The molecule has 1 aliphatic rings. The van der Waals surface area contributed by atoms with Crippen LogP contribution in [0.1, 0.15) is 46.2 Å². The van der Waals surface area contributed by atoms with Gasteiger partial charge in [0.25, 0.3) is 0 Å². The Hall–Kier alpha value is -1.65. The Kier molecular flexibility index (Phi) is 5.30. The summed E-state index contributed by atoms with van der Waals surface area (Å²) in [6, 6.07) is 0. The minimum atomic E-state index is -0.536. The first kappa shape index (κ1) is 18.2. The molecule has 0 saturated carbocycles. The average molecular weight is 342 g/mol. The second kappa shape index (κ2) is 7.30. The molecule has 1 aromatic heterocycles. The van der Waals surface area contributed by atoms with E-state index in [9.17, 15) is 0 Å². The molecule has 2 aromatic rings. The van der Waals surface area contributed by atoms with E-state index in [1.54, 1.807) is 0 Å². The van der Waals surface area contributed by atoms with Crippen molar-refractivity contribution in [3.05, 3.63) is 52.1 Å². The minimum absolute atomic E-state index is 0.536. The van der Waals surface area contributed by atoms with Crippen LogP contribution in [0.15, 0.2) is 18.7 Å². The quantitative estimate of drug-likeness (QED) is 0.817. The number of benzene rings is 1. The third-order valence-corrected chi connectivity index (χ3v) is 5.93. The maximum absolute atomic E-state index is 6.23. The van der Waals surface area contributed by atoms with E-state index in [1.165, 1.54) is 33.4 Å². The molecule has 4 heteroatoms. The molecule has 4 nitrogen and oxygen atoms in total. The molecular weight excluding hydrogens is 312 g/mol. The molecule has 0 bridgehead atoms. The minimum Gasteiger partial charge on any atom is -0.349 e. The van der Waals surface area contributed by atoms with Crippen LogP contribution in [0.25, 0.3) is 0 Å². The molecule has 1 aromatic carbocycles. The zero-order valence-electron chi connectivity index (χ0n) is 16.2. The summed E-state index contributed by atoms with van der Waals surface area (Å²) < 4.78 is 14.6. The Labute approximate surface area is 151 Å². The third kappa shape index (κ3) is 3.65. The van der Waals surface area contributed by atoms with Gasteiger partial charge in [-0.15, -0.1) is 0 Å². The van der Waals surface area contributed by atoms with Crippen molar-refractivity contribution in [3.8, 4) is 0 Å². The number of hydrogen-bond acceptors (Lipinski definition) is 3. The summed E-state index contributed by atoms with van der Waals surface area (Å²) in [4.78, 5) is 4.14. The molecule has 3 rings (SSSR count). The molecule has 0 amide bonds. The van der Waals surface area contributed by atoms with Crippen LogP contribution in [0, 0.1) is 34.6 Å². The van der Waals surface area contributed by atoms with Crippen LogP contribution in [-0.4, -0.2) is 28.6 Å². The lowest BCUT2D eigenvalue weighted by atomic mass is 9.85. The normalized spacial score (nSPS) is 17.0. The monoisotopic (exact) mass is 342 g/mol. The third-order valence-electron chi connectivity index (χ3n) is 5.93. The van der Waals surface area contributed by atoms with E-state index in [0.29, 0.717) is 0 Å². The maximum Gasteiger partial charge on any atom is 0.173 e. The van der Waals surface area contributed by atoms with E-state index in [-0.39, 0.29) is 0 Å². The van der Waals surface area contributed by atoms with Crippen molar-refractivity contribution >= 4 is 0 Å². The standard InChI is InChI=1S/C21H30N2O2/c1-15-16(2)18(4)20(19(5)17(15)3)13-21(24-11-6-12-25-21)7-9-23-10-8-22-14-23/h8,10,14H,6-7,9,11-13H2,1-5H3. The fourth-order valence-corrected chi connectivity index (χ4v) is 3.78. The number of aryl methyl sites for hydroxylation is 1. The largest absolute Gasteiger partial charge is 0.349 e. The van der Waals surface area contributed by atoms with Gasteiger partial charge in [0, 0.05) is 31.8 Å². The van der Waals surface area contributed by atoms with E-state index in [4.69, 9.17) is 9.47 Å². The molecular formula is C21H30N2O2. The van der Waals surface area contributed by atoms with Gasteiger partial charge in [-0.2, -0.15) is 0 Å². The number of rotatable bonds is 5. The van der Waals surface area contributed by atoms with Gasteiger partial charge in [-0.05, 0) is 74.4 Å². The van der Waals surface area contributed by atoms with Gasteiger partial charge in [-0.3, -0.25) is 0 Å². The van der Waals surface area contributed by atoms with Crippen molar-refractivity contribution in [3.63, 3.8) is 0 Å². The average Bonchev–Trinajstić information content (AvgIpc) is 3.15. The van der Waals surface area contributed by atoms with Gasteiger partial charge >= 0.3 is 0 Å². The van der Waals surface area contributed by atoms with Gasteiger partial charge < -0.3 is 14.0 Å². The van der Waals surface area contributed by atoms with Crippen molar-refractivity contribution in [2.24, 2.45) is 0 Å². The summed E-state index contributed by atoms with van der Waals surface area (Å²) >= 11 is 0. The van der Waals surface area contributed by atoms with Crippen LogP contribution in [-0.2, 0) is 22.4 Å². The van der Waals surface area contributed by atoms with Crippen molar-refractivity contribution in [1.82, 2.24) is 9.55 Å². The number of hydrogen-bond donors (Lipinski definition) is 0. The number of nitrogens with zero attached hydrogens (tertiary/aromatic N) is 2. The lowest BCUT2D eigenvalue weighted by molar-refractivity contribution is -0.270. The summed E-state index contributed by atoms with van der Waals surface area (Å²) in [6.07, 6.45) is 8.27. The molecule has 1 fully saturated rings. The van der Waals surface area contributed by atoms with E-state index in [0.717, 1.165) is 39.0 Å². The zero-order valence-corrected chi connectivity index (χ0v) is 16.2. The van der Waals surface area contributed by atoms with Crippen molar-refractivity contribution in [1.29, 1.82) is 0 Å². The molecule has 0 atom stereocenters. The molecule has 0 aliphatic carbocycles. The molecule has 0 spiro atoms. The van der Waals surface area contributed by atoms with Crippen LogP contribution in [0.2, 0.25) is 0 Å². The smallest absolute Gasteiger partial charge is 0.173 e. The molecule has 2 heterocycles. The van der Waals surface area contributed by atoms with Gasteiger partial charge in [-0.25, -0.2) is 4.98 Å². The molecule has 0 N–H and O–H groups in total. The van der Waals surface area contributed by atoms with Gasteiger partial charge in [0.05, 0.1) is 19.5 Å². The number of ether oxygens (including phenoxy) is 2. The van der Waals surface area contributed by atoms with E-state index in [2.05, 4.69) is 44.2 Å². The first-order chi connectivity index (χ1) is 11.9. The van der Waals surface area contributed by atoms with Crippen LogP contribution in [0.4, 0.5) is 0 Å². The summed E-state index contributed by atoms with van der Waals surface area (Å²) in [5.41, 5.74) is 8.31. The predicted octanol–water partition coefficient (Wildman–Crippen LogP) is 4.19. The molecule has 25 heavy (non-hydrogen) atoms. The maximum atomic E-state index is 6.23. The lowest BCUT2D eigenvalue weighted by Crippen LogP contribution is -2.44. The first-order valence-electron chi connectivity index (χ1n) is 9.23. The van der Waals surface area contributed by atoms with Gasteiger partial charge in [0.15, 0.2) is 5.79 Å². The lowest BCUT2D eigenvalue weighted by Gasteiger charge is -2.38. The summed E-state index contributed by atoms with van der Waals surface area (Å²) in [6.45, 7) is 13.5. The van der Waals surface area contributed by atoms with Crippen molar-refractivity contribution < 1.29 is 9.47 Å². The molecule has 0 radical (unpaired) electrons. The topological polar surface area (TPSA) is 36.3 Å². The van der Waals surface area contributed by atoms with Gasteiger partial charge in [0.2, 0.25) is 0 Å². The Balaban J connectivity index is 1.90. The fourth-order valence-electron chi connectivity index (χ4n) is 3.78. The predicted molar refractivity (Wildman–Crippen MR) is 99.9 cm³/mol. The number of imidazole rings is 1. The summed E-state index contributed by atoms with van der Waals surface area (Å²) in [5, 5.41) is 0. The SMILES string of the molecule is Cc1c(C)c(C)c(CC2(CCn3ccnc3)OCCCO2)c(C)c1C. The van der Waals surface area contributed by atoms with Crippen LogP contribution in [0.5, 0.6) is 0 Å². The highest BCUT2D eigenvalue weighted by atomic mass is 16.7. The molecule has 0 unspecified atom stereocenters. The van der Waals surface area contributed by atoms with Crippen molar-refractivity contribution in [2.45, 2.75) is 66.2 Å². The highest BCUT2D eigenvalue weighted by molar-refractivity contribution is 5.49. The van der Waals surface area contributed by atoms with Crippen molar-refractivity contribution in [2.75, 3.05) is 13.2 Å². The van der Waals surface area contributed by atoms with E-state index >= 15 is 0 Å². The summed E-state index contributed by atoms with van der Waals surface area (Å²) in [7, 11) is 0. The highest BCUT2D eigenvalue weighted by Gasteiger charge is 2.36. The van der Waals surface area contributed by atoms with Gasteiger partial charge in [-0.1, -0.05) is 0 Å². The van der Waals surface area contributed by atoms with Crippen LogP contribution in [0.3, 0.4) is 0 Å². The first-order valence-corrected chi connectivity index (χ1v) is 9.23. The Morgan fingerprint density at radius 2 is 1.56 bits per heavy atom. The second-order valence-corrected chi connectivity index (χ2v) is 7.29. The van der Waals surface area contributed by atoms with E-state index in [1.807, 2.05) is 18.7 Å². The molecule has 136 valence electrons. The summed E-state index contributed by atoms with van der Waals surface area (Å²) in [5.74, 6) is -0.536. The molecule has 1 aliphatic heterocycles. The van der Waals surface area contributed by atoms with Crippen LogP contribution >= 0.6 is 0 Å². The zero-order chi connectivity index (χ0) is 18.0. The Morgan fingerprint density at radius 3 is 2.12 bits per heavy atom. The van der Waals surface area contributed by atoms with Crippen LogP contribution < -0.4 is 0 Å². The second-order valence-electron chi connectivity index (χ2n) is 7.29. The van der Waals surface area contributed by atoms with E-state index < -0.39 is 5.79 Å².